The van der Waals surface area contributed by atoms with Gasteiger partial charge in [0.2, 0.25) is 5.91 Å². The van der Waals surface area contributed by atoms with E-state index in [-0.39, 0.29) is 23.0 Å². The summed E-state index contributed by atoms with van der Waals surface area (Å²) in [4.78, 5) is 43.5. The molecule has 174 valence electrons. The van der Waals surface area contributed by atoms with E-state index in [9.17, 15) is 18.8 Å². The summed E-state index contributed by atoms with van der Waals surface area (Å²) >= 11 is 0. The molecule has 4 atom stereocenters. The maximum atomic E-state index is 14.2. The lowest BCUT2D eigenvalue weighted by Crippen LogP contribution is -2.51. The molecular formula is C29H23FN2O3. The number of ketones is 2. The smallest absolute Gasteiger partial charge is 0.238 e. The summed E-state index contributed by atoms with van der Waals surface area (Å²) in [6, 6.07) is 19.0. The van der Waals surface area contributed by atoms with Crippen molar-refractivity contribution in [3.8, 4) is 0 Å². The lowest BCUT2D eigenvalue weighted by atomic mass is 9.64. The fourth-order valence-electron chi connectivity index (χ4n) is 6.33. The second-order valence-corrected chi connectivity index (χ2v) is 9.49. The number of hydrogen-bond donors (Lipinski definition) is 1. The fraction of sp³-hybridized carbons (Fsp3) is 0.207. The molecule has 0 radical (unpaired) electrons. The first-order valence-electron chi connectivity index (χ1n) is 11.6. The molecule has 0 unspecified atom stereocenters. The normalized spacial score (nSPS) is 26.0. The van der Waals surface area contributed by atoms with Crippen molar-refractivity contribution >= 4 is 34.4 Å². The lowest BCUT2D eigenvalue weighted by molar-refractivity contribution is -0.122. The van der Waals surface area contributed by atoms with Crippen molar-refractivity contribution in [2.24, 2.45) is 5.92 Å². The second-order valence-electron chi connectivity index (χ2n) is 9.49. The Morgan fingerprint density at radius 1 is 0.971 bits per heavy atom. The Balaban J connectivity index is 1.68. The molecule has 3 heterocycles. The number of nitrogens with one attached hydrogen (secondary N) is 1. The molecule has 1 amide bonds. The molecule has 1 saturated heterocycles. The fourth-order valence-corrected chi connectivity index (χ4v) is 6.33. The van der Waals surface area contributed by atoms with Crippen LogP contribution < -0.4 is 10.2 Å². The highest BCUT2D eigenvalue weighted by Gasteiger charge is 2.70. The molecule has 6 heteroatoms. The number of carbonyl (C=O) groups excluding carboxylic acids is 3. The number of allylic oxidation sites excluding steroid dienone is 1. The van der Waals surface area contributed by atoms with Gasteiger partial charge in [-0.2, -0.15) is 0 Å². The van der Waals surface area contributed by atoms with Crippen molar-refractivity contribution < 1.29 is 18.8 Å². The first-order valence-corrected chi connectivity index (χ1v) is 11.6. The number of carbonyl (C=O) groups is 3. The zero-order valence-electron chi connectivity index (χ0n) is 19.3. The average molecular weight is 467 g/mol. The average Bonchev–Trinajstić information content (AvgIpc) is 3.32. The van der Waals surface area contributed by atoms with Crippen LogP contribution in [0.2, 0.25) is 0 Å². The SMILES string of the molecule is CC(=O)[C@@H]1[C@H](C(=O)c2ccc(F)cc2)[C@]2(C(=O)Nc3ccccc32)[C@@H]2C=C(C)c3ccccc3N12. The maximum absolute atomic E-state index is 14.2. The third kappa shape index (κ3) is 2.77. The predicted octanol–water partition coefficient (Wildman–Crippen LogP) is 4.78. The Morgan fingerprint density at radius 3 is 2.40 bits per heavy atom. The third-order valence-electron chi connectivity index (χ3n) is 7.71. The number of nitrogens with zero attached hydrogens (tertiary/aromatic N) is 1. The summed E-state index contributed by atoms with van der Waals surface area (Å²) < 4.78 is 13.7. The van der Waals surface area contributed by atoms with Crippen LogP contribution in [0.25, 0.3) is 5.57 Å². The van der Waals surface area contributed by atoms with Gasteiger partial charge in [-0.05, 0) is 61.4 Å². The third-order valence-corrected chi connectivity index (χ3v) is 7.71. The van der Waals surface area contributed by atoms with Gasteiger partial charge in [0, 0.05) is 22.5 Å². The van der Waals surface area contributed by atoms with Crippen molar-refractivity contribution in [3.63, 3.8) is 0 Å². The van der Waals surface area contributed by atoms with Crippen LogP contribution >= 0.6 is 0 Å². The van der Waals surface area contributed by atoms with Crippen LogP contribution in [0.4, 0.5) is 15.8 Å². The number of Topliss-reactive ketones (excluding diaryl/α,β-unsaturated/α-hetero) is 2. The Kier molecular flexibility index (Phi) is 4.58. The van der Waals surface area contributed by atoms with Gasteiger partial charge in [-0.25, -0.2) is 4.39 Å². The molecule has 3 aromatic rings. The summed E-state index contributed by atoms with van der Waals surface area (Å²) in [5, 5.41) is 2.99. The Morgan fingerprint density at radius 2 is 1.66 bits per heavy atom. The molecule has 6 rings (SSSR count). The quantitative estimate of drug-likeness (QED) is 0.565. The van der Waals surface area contributed by atoms with E-state index in [0.717, 1.165) is 16.8 Å². The van der Waals surface area contributed by atoms with Crippen molar-refractivity contribution in [2.45, 2.75) is 31.3 Å². The van der Waals surface area contributed by atoms with E-state index in [2.05, 4.69) is 5.32 Å². The first kappa shape index (κ1) is 21.5. The number of halogens is 1. The number of fused-ring (bicyclic) bond motifs is 6. The van der Waals surface area contributed by atoms with E-state index in [1.54, 1.807) is 0 Å². The minimum atomic E-state index is -1.33. The number of hydrogen-bond acceptors (Lipinski definition) is 4. The van der Waals surface area contributed by atoms with Crippen molar-refractivity contribution in [2.75, 3.05) is 10.2 Å². The van der Waals surface area contributed by atoms with E-state index in [1.807, 2.05) is 66.4 Å². The molecule has 3 aromatic carbocycles. The van der Waals surface area contributed by atoms with E-state index >= 15 is 0 Å². The summed E-state index contributed by atoms with van der Waals surface area (Å²) in [7, 11) is 0. The summed E-state index contributed by atoms with van der Waals surface area (Å²) in [6.45, 7) is 3.46. The largest absolute Gasteiger partial charge is 0.352 e. The summed E-state index contributed by atoms with van der Waals surface area (Å²) in [6.07, 6.45) is 2.01. The van der Waals surface area contributed by atoms with Crippen LogP contribution in [0.3, 0.4) is 0 Å². The maximum Gasteiger partial charge on any atom is 0.238 e. The predicted molar refractivity (Wildman–Crippen MR) is 132 cm³/mol. The zero-order valence-corrected chi connectivity index (χ0v) is 19.3. The van der Waals surface area contributed by atoms with Gasteiger partial charge in [0.1, 0.15) is 11.2 Å². The van der Waals surface area contributed by atoms with Crippen molar-refractivity contribution in [1.82, 2.24) is 0 Å². The highest BCUT2D eigenvalue weighted by molar-refractivity contribution is 6.16. The van der Waals surface area contributed by atoms with Gasteiger partial charge in [-0.1, -0.05) is 42.5 Å². The molecule has 0 aliphatic carbocycles. The molecule has 0 bridgehead atoms. The van der Waals surface area contributed by atoms with Gasteiger partial charge in [0.05, 0.1) is 18.0 Å². The Bertz CT molecular complexity index is 1440. The van der Waals surface area contributed by atoms with Gasteiger partial charge in [0.15, 0.2) is 11.6 Å². The van der Waals surface area contributed by atoms with Crippen LogP contribution in [-0.4, -0.2) is 29.6 Å². The van der Waals surface area contributed by atoms with Crippen LogP contribution in [0.5, 0.6) is 0 Å². The highest BCUT2D eigenvalue weighted by atomic mass is 19.1. The molecule has 1 fully saturated rings. The topological polar surface area (TPSA) is 66.5 Å². The van der Waals surface area contributed by atoms with Gasteiger partial charge >= 0.3 is 0 Å². The van der Waals surface area contributed by atoms with Gasteiger partial charge in [0.25, 0.3) is 0 Å². The first-order chi connectivity index (χ1) is 16.9. The minimum Gasteiger partial charge on any atom is -0.352 e. The summed E-state index contributed by atoms with van der Waals surface area (Å²) in [5.74, 6) is -2.32. The Labute approximate surface area is 202 Å². The molecule has 0 aromatic heterocycles. The molecule has 5 nitrogen and oxygen atoms in total. The van der Waals surface area contributed by atoms with Crippen LogP contribution in [0, 0.1) is 11.7 Å². The van der Waals surface area contributed by atoms with Crippen LogP contribution in [0.1, 0.15) is 35.3 Å². The van der Waals surface area contributed by atoms with E-state index in [1.165, 1.54) is 31.2 Å². The van der Waals surface area contributed by atoms with Crippen molar-refractivity contribution in [3.05, 3.63) is 101 Å². The van der Waals surface area contributed by atoms with Gasteiger partial charge < -0.3 is 10.2 Å². The van der Waals surface area contributed by atoms with E-state index in [0.29, 0.717) is 11.3 Å². The number of anilines is 2. The zero-order chi connectivity index (χ0) is 24.5. The molecule has 3 aliphatic rings. The molecule has 1 N–H and O–H groups in total. The van der Waals surface area contributed by atoms with E-state index in [4.69, 9.17) is 0 Å². The summed E-state index contributed by atoms with van der Waals surface area (Å²) in [5.41, 5.74) is 3.06. The Hall–Kier alpha value is -4.06. The highest BCUT2D eigenvalue weighted by Crippen LogP contribution is 2.58. The molecule has 35 heavy (non-hydrogen) atoms. The van der Waals surface area contributed by atoms with Crippen molar-refractivity contribution in [1.29, 1.82) is 0 Å². The van der Waals surface area contributed by atoms with Gasteiger partial charge in [-0.15, -0.1) is 0 Å². The number of amides is 1. The lowest BCUT2D eigenvalue weighted by Gasteiger charge is -2.39. The molecule has 3 aliphatic heterocycles. The van der Waals surface area contributed by atoms with Crippen LogP contribution in [0.15, 0.2) is 78.9 Å². The van der Waals surface area contributed by atoms with Crippen LogP contribution in [-0.2, 0) is 15.0 Å². The molecule has 0 saturated carbocycles. The second kappa shape index (κ2) is 7.47. The number of rotatable bonds is 3. The number of benzene rings is 3. The monoisotopic (exact) mass is 466 g/mol. The standard InChI is InChI=1S/C29H23FN2O3/c1-16-15-24-29(21-8-4-5-9-22(21)31-28(29)35)25(27(34)18-11-13-19(30)14-12-18)26(17(2)33)32(24)23-10-6-3-7-20(16)23/h3-15,24-26H,1-2H3,(H,31,35)/t24-,25+,26+,29+/m0/s1. The molecule has 1 spiro atoms. The molecular weight excluding hydrogens is 443 g/mol. The number of para-hydroxylation sites is 2. The minimum absolute atomic E-state index is 0.202. The van der Waals surface area contributed by atoms with E-state index < -0.39 is 29.2 Å². The van der Waals surface area contributed by atoms with Gasteiger partial charge in [-0.3, -0.25) is 14.4 Å².